The molecule has 8 nitrogen and oxygen atoms in total. The van der Waals surface area contributed by atoms with Crippen molar-refractivity contribution in [3.63, 3.8) is 0 Å². The molecular weight excluding hydrogens is 558 g/mol. The Morgan fingerprint density at radius 2 is 1.63 bits per heavy atom. The monoisotopic (exact) mass is 591 g/mol. The second-order valence-electron chi connectivity index (χ2n) is 11.5. The first-order valence-electron chi connectivity index (χ1n) is 14.7. The van der Waals surface area contributed by atoms with Gasteiger partial charge in [0, 0.05) is 84.6 Å². The SMILES string of the molecule is CN1CCN(c2ccc(Nc3ncc4cc(-c5ccccc5Cl)c(=O)n(C5Cc6ccccc6N(C)C5)c4n3)cc2)CC1. The summed E-state index contributed by atoms with van der Waals surface area (Å²) in [6, 6.07) is 26.0. The summed E-state index contributed by atoms with van der Waals surface area (Å²) in [5.74, 6) is 0.447. The second kappa shape index (κ2) is 11.4. The van der Waals surface area contributed by atoms with E-state index in [2.05, 4.69) is 87.6 Å². The number of hydrogen-bond acceptors (Lipinski definition) is 7. The van der Waals surface area contributed by atoms with Crippen molar-refractivity contribution >= 4 is 45.6 Å². The van der Waals surface area contributed by atoms with E-state index in [1.54, 1.807) is 6.20 Å². The summed E-state index contributed by atoms with van der Waals surface area (Å²) in [4.78, 5) is 30.9. The molecule has 1 N–H and O–H groups in total. The first kappa shape index (κ1) is 27.4. The van der Waals surface area contributed by atoms with Crippen LogP contribution in [0.2, 0.25) is 5.02 Å². The number of benzene rings is 3. The fourth-order valence-electron chi connectivity index (χ4n) is 6.30. The lowest BCUT2D eigenvalue weighted by molar-refractivity contribution is 0.313. The molecule has 0 saturated carbocycles. The predicted octanol–water partition coefficient (Wildman–Crippen LogP) is 5.84. The summed E-state index contributed by atoms with van der Waals surface area (Å²) in [6.45, 7) is 4.84. The van der Waals surface area contributed by atoms with Gasteiger partial charge in [-0.1, -0.05) is 48.0 Å². The Bertz CT molecular complexity index is 1850. The molecule has 2 aliphatic rings. The van der Waals surface area contributed by atoms with Crippen molar-refractivity contribution in [1.29, 1.82) is 0 Å². The average Bonchev–Trinajstić information content (AvgIpc) is 3.02. The Labute approximate surface area is 256 Å². The van der Waals surface area contributed by atoms with E-state index < -0.39 is 0 Å². The number of pyridine rings is 1. The third kappa shape index (κ3) is 5.32. The minimum absolute atomic E-state index is 0.112. The van der Waals surface area contributed by atoms with Crippen LogP contribution in [0.1, 0.15) is 11.6 Å². The molecule has 1 atom stereocenters. The lowest BCUT2D eigenvalue weighted by Gasteiger charge is -2.35. The maximum atomic E-state index is 14.3. The van der Waals surface area contributed by atoms with Gasteiger partial charge < -0.3 is 20.0 Å². The molecule has 1 fully saturated rings. The highest BCUT2D eigenvalue weighted by Gasteiger charge is 2.27. The number of halogens is 1. The van der Waals surface area contributed by atoms with Crippen LogP contribution in [0.15, 0.2) is 89.9 Å². The molecule has 218 valence electrons. The standard InChI is InChI=1S/C34H34ClN7O/c1-39-15-17-41(18-16-39)26-13-11-25(12-14-26)37-34-36-21-24-20-29(28-8-4-5-9-30(28)35)33(43)42(32(24)38-34)27-19-23-7-3-6-10-31(23)40(2)22-27/h3-14,20-21,27H,15-19,22H2,1-2H3,(H,36,37,38). The molecule has 1 unspecified atom stereocenters. The van der Waals surface area contributed by atoms with Crippen LogP contribution >= 0.6 is 11.6 Å². The highest BCUT2D eigenvalue weighted by molar-refractivity contribution is 6.33. The van der Waals surface area contributed by atoms with Gasteiger partial charge in [-0.15, -0.1) is 0 Å². The molecule has 0 bridgehead atoms. The van der Waals surface area contributed by atoms with E-state index in [-0.39, 0.29) is 11.6 Å². The van der Waals surface area contributed by atoms with E-state index in [9.17, 15) is 4.79 Å². The topological polar surface area (TPSA) is 69.5 Å². The summed E-state index contributed by atoms with van der Waals surface area (Å²) in [5, 5.41) is 4.69. The first-order chi connectivity index (χ1) is 20.9. The van der Waals surface area contributed by atoms with Crippen molar-refractivity contribution in [2.75, 3.05) is 61.9 Å². The van der Waals surface area contributed by atoms with Crippen molar-refractivity contribution in [2.24, 2.45) is 0 Å². The highest BCUT2D eigenvalue weighted by atomic mass is 35.5. The van der Waals surface area contributed by atoms with Gasteiger partial charge in [-0.25, -0.2) is 4.98 Å². The van der Waals surface area contributed by atoms with Gasteiger partial charge in [0.1, 0.15) is 5.65 Å². The summed E-state index contributed by atoms with van der Waals surface area (Å²) in [7, 11) is 4.24. The predicted molar refractivity (Wildman–Crippen MR) is 176 cm³/mol. The van der Waals surface area contributed by atoms with Crippen LogP contribution in [0.25, 0.3) is 22.2 Å². The van der Waals surface area contributed by atoms with E-state index in [1.807, 2.05) is 34.9 Å². The van der Waals surface area contributed by atoms with Crippen LogP contribution in [-0.4, -0.2) is 66.3 Å². The van der Waals surface area contributed by atoms with Crippen LogP contribution in [0.5, 0.6) is 0 Å². The summed E-state index contributed by atoms with van der Waals surface area (Å²) < 4.78 is 1.85. The van der Waals surface area contributed by atoms with Crippen molar-refractivity contribution in [3.05, 3.63) is 106 Å². The molecule has 0 aliphatic carbocycles. The number of nitrogens with zero attached hydrogens (tertiary/aromatic N) is 6. The average molecular weight is 592 g/mol. The maximum absolute atomic E-state index is 14.3. The number of nitrogens with one attached hydrogen (secondary N) is 1. The normalized spacial score (nSPS) is 17.2. The third-order valence-corrected chi connectivity index (χ3v) is 8.97. The minimum atomic E-state index is -0.122. The van der Waals surface area contributed by atoms with Gasteiger partial charge in [0.05, 0.1) is 6.04 Å². The Morgan fingerprint density at radius 3 is 2.42 bits per heavy atom. The van der Waals surface area contributed by atoms with E-state index in [0.717, 1.165) is 43.7 Å². The quantitative estimate of drug-likeness (QED) is 0.275. The van der Waals surface area contributed by atoms with Gasteiger partial charge in [-0.05, 0) is 61.5 Å². The van der Waals surface area contributed by atoms with Gasteiger partial charge in [0.2, 0.25) is 5.95 Å². The molecule has 5 aromatic rings. The zero-order valence-electron chi connectivity index (χ0n) is 24.4. The van der Waals surface area contributed by atoms with Crippen molar-refractivity contribution in [3.8, 4) is 11.1 Å². The number of piperazine rings is 1. The van der Waals surface area contributed by atoms with Crippen LogP contribution < -0.4 is 20.7 Å². The molecule has 1 saturated heterocycles. The molecule has 43 heavy (non-hydrogen) atoms. The van der Waals surface area contributed by atoms with Crippen LogP contribution in [-0.2, 0) is 6.42 Å². The fraction of sp³-hybridized carbons (Fsp3) is 0.265. The lowest BCUT2D eigenvalue weighted by Crippen LogP contribution is -2.44. The molecule has 4 heterocycles. The van der Waals surface area contributed by atoms with Crippen LogP contribution in [0, 0.1) is 0 Å². The second-order valence-corrected chi connectivity index (χ2v) is 11.9. The van der Waals surface area contributed by atoms with Gasteiger partial charge >= 0.3 is 0 Å². The van der Waals surface area contributed by atoms with Gasteiger partial charge in [0.15, 0.2) is 0 Å². The van der Waals surface area contributed by atoms with Crippen molar-refractivity contribution in [1.82, 2.24) is 19.4 Å². The minimum Gasteiger partial charge on any atom is -0.372 e. The van der Waals surface area contributed by atoms with Gasteiger partial charge in [-0.2, -0.15) is 4.98 Å². The smallest absolute Gasteiger partial charge is 0.260 e. The highest BCUT2D eigenvalue weighted by Crippen LogP contribution is 2.34. The number of rotatable bonds is 5. The molecule has 0 radical (unpaired) electrons. The number of para-hydroxylation sites is 1. The number of aromatic nitrogens is 3. The van der Waals surface area contributed by atoms with Crippen molar-refractivity contribution in [2.45, 2.75) is 12.5 Å². The molecule has 0 amide bonds. The number of likely N-dealkylation sites (N-methyl/N-ethyl adjacent to an activating group) is 2. The molecule has 3 aromatic carbocycles. The van der Waals surface area contributed by atoms with E-state index in [0.29, 0.717) is 34.3 Å². The van der Waals surface area contributed by atoms with Gasteiger partial charge in [0.25, 0.3) is 5.56 Å². The zero-order valence-corrected chi connectivity index (χ0v) is 25.1. The summed E-state index contributed by atoms with van der Waals surface area (Å²) >= 11 is 6.59. The van der Waals surface area contributed by atoms with Crippen LogP contribution in [0.3, 0.4) is 0 Å². The number of fused-ring (bicyclic) bond motifs is 2. The molecular formula is C34H34ClN7O. The Morgan fingerprint density at radius 1 is 0.884 bits per heavy atom. The Kier molecular flexibility index (Phi) is 7.24. The summed E-state index contributed by atoms with van der Waals surface area (Å²) in [5.41, 5.74) is 6.24. The van der Waals surface area contributed by atoms with Crippen LogP contribution in [0.4, 0.5) is 23.0 Å². The molecule has 0 spiro atoms. The fourth-order valence-corrected chi connectivity index (χ4v) is 6.54. The lowest BCUT2D eigenvalue weighted by atomic mass is 9.97. The number of anilines is 4. The van der Waals surface area contributed by atoms with Gasteiger partial charge in [-0.3, -0.25) is 9.36 Å². The first-order valence-corrected chi connectivity index (χ1v) is 15.1. The van der Waals surface area contributed by atoms with E-state index in [4.69, 9.17) is 16.6 Å². The van der Waals surface area contributed by atoms with Crippen molar-refractivity contribution < 1.29 is 0 Å². The summed E-state index contributed by atoms with van der Waals surface area (Å²) in [6.07, 6.45) is 2.52. The molecule has 7 rings (SSSR count). The van der Waals surface area contributed by atoms with E-state index >= 15 is 0 Å². The molecule has 9 heteroatoms. The number of hydrogen-bond donors (Lipinski definition) is 1. The maximum Gasteiger partial charge on any atom is 0.260 e. The zero-order chi connectivity index (χ0) is 29.5. The van der Waals surface area contributed by atoms with E-state index in [1.165, 1.54) is 16.9 Å². The molecule has 2 aromatic heterocycles. The Balaban J connectivity index is 1.28. The Hall–Kier alpha value is -4.40. The largest absolute Gasteiger partial charge is 0.372 e. The molecule has 2 aliphatic heterocycles. The third-order valence-electron chi connectivity index (χ3n) is 8.64.